The fraction of sp³-hybridized carbons (Fsp3) is 0.222. The van der Waals surface area contributed by atoms with E-state index in [1.165, 1.54) is 0 Å². The van der Waals surface area contributed by atoms with Gasteiger partial charge in [0, 0.05) is 48.1 Å². The quantitative estimate of drug-likeness (QED) is 0.303. The predicted octanol–water partition coefficient (Wildman–Crippen LogP) is 4.75. The molecular weight excluding hydrogens is 454 g/mol. The molecule has 0 atom stereocenters. The smallest absolute Gasteiger partial charge is 0.308 e. The number of anilines is 4. The Morgan fingerprint density at radius 3 is 1.89 bits per heavy atom. The maximum Gasteiger partial charge on any atom is 0.323 e. The minimum Gasteiger partial charge on any atom is -0.308 e. The molecule has 3 aromatic rings. The molecule has 2 aliphatic heterocycles. The Balaban J connectivity index is 1.16. The van der Waals surface area contributed by atoms with Gasteiger partial charge in [-0.15, -0.1) is 0 Å². The highest BCUT2D eigenvalue weighted by atomic mass is 16.2. The first kappa shape index (κ1) is 23.5. The SMILES string of the molecule is O=C(Nc1cccc(NC(=O)Nc2cccc(C3NCCN3)c2)c1)Nc1cccc(C2=NCCC2)c1. The van der Waals surface area contributed by atoms with Gasteiger partial charge in [0.1, 0.15) is 0 Å². The fourth-order valence-electron chi connectivity index (χ4n) is 4.35. The number of carbonyl (C=O) groups is 2. The third kappa shape index (κ3) is 6.07. The van der Waals surface area contributed by atoms with E-state index in [9.17, 15) is 9.59 Å². The maximum absolute atomic E-state index is 12.6. The van der Waals surface area contributed by atoms with Crippen molar-refractivity contribution in [3.8, 4) is 0 Å². The average molecular weight is 484 g/mol. The zero-order valence-electron chi connectivity index (χ0n) is 19.8. The van der Waals surface area contributed by atoms with Crippen molar-refractivity contribution in [2.24, 2.45) is 4.99 Å². The molecule has 4 amide bonds. The molecule has 5 rings (SSSR count). The summed E-state index contributed by atoms with van der Waals surface area (Å²) < 4.78 is 0. The van der Waals surface area contributed by atoms with Gasteiger partial charge in [-0.1, -0.05) is 30.3 Å². The van der Waals surface area contributed by atoms with E-state index in [1.807, 2.05) is 48.5 Å². The third-order valence-corrected chi connectivity index (χ3v) is 6.01. The molecule has 9 heteroatoms. The van der Waals surface area contributed by atoms with Crippen molar-refractivity contribution < 1.29 is 9.59 Å². The van der Waals surface area contributed by atoms with E-state index in [-0.39, 0.29) is 18.2 Å². The maximum atomic E-state index is 12.6. The van der Waals surface area contributed by atoms with Gasteiger partial charge >= 0.3 is 12.1 Å². The summed E-state index contributed by atoms with van der Waals surface area (Å²) in [6, 6.07) is 21.6. The second-order valence-electron chi connectivity index (χ2n) is 8.72. The number of aliphatic imine (C=N–C) groups is 1. The van der Waals surface area contributed by atoms with Gasteiger partial charge in [0.05, 0.1) is 6.17 Å². The van der Waals surface area contributed by atoms with Gasteiger partial charge in [0.2, 0.25) is 0 Å². The average Bonchev–Trinajstić information content (AvgIpc) is 3.59. The van der Waals surface area contributed by atoms with Crippen molar-refractivity contribution in [2.75, 3.05) is 40.9 Å². The van der Waals surface area contributed by atoms with E-state index in [4.69, 9.17) is 0 Å². The lowest BCUT2D eigenvalue weighted by molar-refractivity contribution is 0.261. The number of benzene rings is 3. The van der Waals surface area contributed by atoms with Gasteiger partial charge in [0.25, 0.3) is 0 Å². The van der Waals surface area contributed by atoms with E-state index >= 15 is 0 Å². The standard InChI is InChI=1S/C27H29N7O2/c35-26(31-20-7-1-5-18(15-20)24-11-4-12-28-24)33-22-9-3-10-23(17-22)34-27(36)32-21-8-2-6-19(16-21)25-29-13-14-30-25/h1-3,5-10,15-17,25,29-30H,4,11-14H2,(H2,31,33,35)(H2,32,34,36). The van der Waals surface area contributed by atoms with Crippen LogP contribution in [-0.4, -0.2) is 37.4 Å². The third-order valence-electron chi connectivity index (χ3n) is 6.01. The number of nitrogens with one attached hydrogen (secondary N) is 6. The van der Waals surface area contributed by atoms with E-state index in [1.54, 1.807) is 24.3 Å². The molecule has 3 aromatic carbocycles. The lowest BCUT2D eigenvalue weighted by Gasteiger charge is -2.14. The Labute approximate surface area is 209 Å². The molecule has 1 fully saturated rings. The van der Waals surface area contributed by atoms with Crippen molar-refractivity contribution in [2.45, 2.75) is 19.0 Å². The van der Waals surface area contributed by atoms with E-state index in [0.29, 0.717) is 22.7 Å². The van der Waals surface area contributed by atoms with Crippen LogP contribution in [0.15, 0.2) is 77.8 Å². The topological polar surface area (TPSA) is 119 Å². The molecule has 36 heavy (non-hydrogen) atoms. The molecule has 0 aromatic heterocycles. The second-order valence-corrected chi connectivity index (χ2v) is 8.72. The highest BCUT2D eigenvalue weighted by Gasteiger charge is 2.15. The van der Waals surface area contributed by atoms with Crippen LogP contribution in [0.4, 0.5) is 32.3 Å². The first-order valence-corrected chi connectivity index (χ1v) is 12.1. The molecule has 9 nitrogen and oxygen atoms in total. The summed E-state index contributed by atoms with van der Waals surface area (Å²) >= 11 is 0. The molecule has 0 radical (unpaired) electrons. The summed E-state index contributed by atoms with van der Waals surface area (Å²) in [5.74, 6) is 0. The molecule has 0 bridgehead atoms. The van der Waals surface area contributed by atoms with Crippen LogP contribution in [0.5, 0.6) is 0 Å². The van der Waals surface area contributed by atoms with Crippen molar-refractivity contribution in [1.29, 1.82) is 0 Å². The Kier molecular flexibility index (Phi) is 7.20. The van der Waals surface area contributed by atoms with E-state index in [0.717, 1.165) is 49.3 Å². The Morgan fingerprint density at radius 2 is 1.28 bits per heavy atom. The summed E-state index contributed by atoms with van der Waals surface area (Å²) in [6.07, 6.45) is 2.11. The Bertz CT molecular complexity index is 1280. The van der Waals surface area contributed by atoms with Gasteiger partial charge in [-0.25, -0.2) is 9.59 Å². The van der Waals surface area contributed by atoms with Gasteiger partial charge in [-0.2, -0.15) is 0 Å². The summed E-state index contributed by atoms with van der Waals surface area (Å²) in [7, 11) is 0. The number of nitrogens with zero attached hydrogens (tertiary/aromatic N) is 1. The normalized spacial score (nSPS) is 15.3. The van der Waals surface area contributed by atoms with Crippen LogP contribution in [0.3, 0.4) is 0 Å². The summed E-state index contributed by atoms with van der Waals surface area (Å²) in [5.41, 5.74) is 5.67. The van der Waals surface area contributed by atoms with Crippen LogP contribution in [-0.2, 0) is 0 Å². The summed E-state index contributed by atoms with van der Waals surface area (Å²) in [6.45, 7) is 2.68. The van der Waals surface area contributed by atoms with Crippen LogP contribution in [0.1, 0.15) is 30.1 Å². The van der Waals surface area contributed by atoms with Crippen molar-refractivity contribution in [3.05, 3.63) is 83.9 Å². The zero-order valence-corrected chi connectivity index (χ0v) is 19.8. The summed E-state index contributed by atoms with van der Waals surface area (Å²) in [5, 5.41) is 18.1. The van der Waals surface area contributed by atoms with Crippen LogP contribution < -0.4 is 31.9 Å². The van der Waals surface area contributed by atoms with Gasteiger partial charge in [0.15, 0.2) is 0 Å². The Morgan fingerprint density at radius 1 is 0.722 bits per heavy atom. The molecule has 2 aliphatic rings. The Hall–Kier alpha value is -4.21. The molecule has 1 saturated heterocycles. The first-order valence-electron chi connectivity index (χ1n) is 12.1. The highest BCUT2D eigenvalue weighted by Crippen LogP contribution is 2.20. The number of urea groups is 2. The van der Waals surface area contributed by atoms with E-state index in [2.05, 4.69) is 36.9 Å². The lowest BCUT2D eigenvalue weighted by Crippen LogP contribution is -2.22. The number of carbonyl (C=O) groups excluding carboxylic acids is 2. The molecule has 2 heterocycles. The van der Waals surface area contributed by atoms with Crippen LogP contribution in [0.2, 0.25) is 0 Å². The van der Waals surface area contributed by atoms with Gasteiger partial charge in [-0.05, 0) is 66.4 Å². The predicted molar refractivity (Wildman–Crippen MR) is 144 cm³/mol. The van der Waals surface area contributed by atoms with Crippen molar-refractivity contribution >= 4 is 40.5 Å². The highest BCUT2D eigenvalue weighted by molar-refractivity contribution is 6.04. The molecule has 184 valence electrons. The number of rotatable bonds is 6. The molecule has 0 spiro atoms. The van der Waals surface area contributed by atoms with Crippen LogP contribution >= 0.6 is 0 Å². The van der Waals surface area contributed by atoms with Crippen molar-refractivity contribution in [3.63, 3.8) is 0 Å². The van der Waals surface area contributed by atoms with Crippen LogP contribution in [0, 0.1) is 0 Å². The first-order chi connectivity index (χ1) is 17.6. The molecule has 0 unspecified atom stereocenters. The van der Waals surface area contributed by atoms with Gasteiger partial charge < -0.3 is 21.3 Å². The van der Waals surface area contributed by atoms with Crippen LogP contribution in [0.25, 0.3) is 0 Å². The zero-order chi connectivity index (χ0) is 24.7. The molecular formula is C27H29N7O2. The molecule has 0 aliphatic carbocycles. The number of amides is 4. The monoisotopic (exact) mass is 483 g/mol. The second kappa shape index (κ2) is 11.0. The minimum absolute atomic E-state index is 0.0858. The molecule has 6 N–H and O–H groups in total. The van der Waals surface area contributed by atoms with Gasteiger partial charge in [-0.3, -0.25) is 15.6 Å². The van der Waals surface area contributed by atoms with Crippen molar-refractivity contribution in [1.82, 2.24) is 10.6 Å². The number of hydrogen-bond acceptors (Lipinski definition) is 5. The molecule has 0 saturated carbocycles. The summed E-state index contributed by atoms with van der Waals surface area (Å²) in [4.78, 5) is 29.7. The lowest BCUT2D eigenvalue weighted by atomic mass is 10.1. The van der Waals surface area contributed by atoms with E-state index < -0.39 is 0 Å². The largest absolute Gasteiger partial charge is 0.323 e. The fourth-order valence-corrected chi connectivity index (χ4v) is 4.35. The minimum atomic E-state index is -0.368. The number of hydrogen-bond donors (Lipinski definition) is 6.